The maximum atomic E-state index is 13.1. The minimum absolute atomic E-state index is 0.197. The summed E-state index contributed by atoms with van der Waals surface area (Å²) in [7, 11) is 1.63. The Bertz CT molecular complexity index is 1020. The second-order valence-corrected chi connectivity index (χ2v) is 8.82. The molecule has 162 valence electrons. The van der Waals surface area contributed by atoms with Gasteiger partial charge in [0, 0.05) is 13.2 Å². The van der Waals surface area contributed by atoms with Crippen LogP contribution < -0.4 is 16.2 Å². The molecule has 1 aliphatic carbocycles. The highest BCUT2D eigenvalue weighted by Gasteiger charge is 2.46. The smallest absolute Gasteiger partial charge is 0.407 e. The highest BCUT2D eigenvalue weighted by Crippen LogP contribution is 2.31. The van der Waals surface area contributed by atoms with Crippen molar-refractivity contribution in [2.24, 2.45) is 7.05 Å². The van der Waals surface area contributed by atoms with E-state index < -0.39 is 29.2 Å². The first-order chi connectivity index (χ1) is 14.0. The Morgan fingerprint density at radius 2 is 1.97 bits per heavy atom. The van der Waals surface area contributed by atoms with E-state index in [-0.39, 0.29) is 12.0 Å². The zero-order chi connectivity index (χ0) is 22.1. The summed E-state index contributed by atoms with van der Waals surface area (Å²) >= 11 is 0. The van der Waals surface area contributed by atoms with Gasteiger partial charge in [-0.05, 0) is 57.6 Å². The lowest BCUT2D eigenvalue weighted by Gasteiger charge is -2.39. The van der Waals surface area contributed by atoms with Gasteiger partial charge >= 0.3 is 6.09 Å². The molecular weight excluding hydrogens is 386 g/mol. The van der Waals surface area contributed by atoms with Gasteiger partial charge in [0.2, 0.25) is 0 Å². The van der Waals surface area contributed by atoms with E-state index >= 15 is 0 Å². The van der Waals surface area contributed by atoms with Crippen LogP contribution in [0.1, 0.15) is 46.5 Å². The summed E-state index contributed by atoms with van der Waals surface area (Å²) in [6, 6.07) is 6.14. The highest BCUT2D eigenvalue weighted by molar-refractivity contribution is 6.05. The average Bonchev–Trinajstić information content (AvgIpc) is 2.65. The summed E-state index contributed by atoms with van der Waals surface area (Å²) < 4.78 is 6.71. The van der Waals surface area contributed by atoms with Crippen LogP contribution in [-0.4, -0.2) is 38.9 Å². The first-order valence-electron chi connectivity index (χ1n) is 10.1. The van der Waals surface area contributed by atoms with E-state index in [0.29, 0.717) is 29.3 Å². The molecule has 1 heterocycles. The normalized spacial score (nSPS) is 21.8. The van der Waals surface area contributed by atoms with E-state index in [9.17, 15) is 19.5 Å². The number of aliphatic hydroxyl groups is 1. The first kappa shape index (κ1) is 21.8. The molecule has 2 aromatic rings. The number of alkyl carbamates (subject to hydrolysis) is 1. The molecule has 8 nitrogen and oxygen atoms in total. The number of pyridine rings is 1. The van der Waals surface area contributed by atoms with E-state index in [1.54, 1.807) is 58.3 Å². The second-order valence-electron chi connectivity index (χ2n) is 8.82. The van der Waals surface area contributed by atoms with Crippen LogP contribution >= 0.6 is 0 Å². The quantitative estimate of drug-likeness (QED) is 0.714. The molecule has 1 aliphatic rings. The molecule has 1 saturated carbocycles. The van der Waals surface area contributed by atoms with E-state index in [0.717, 1.165) is 6.42 Å². The molecule has 0 spiro atoms. The van der Waals surface area contributed by atoms with Crippen molar-refractivity contribution in [2.75, 3.05) is 5.32 Å². The number of aromatic nitrogens is 1. The van der Waals surface area contributed by atoms with Gasteiger partial charge in [0.1, 0.15) is 5.60 Å². The standard InChI is InChI=1S/C22H29N3O5/c1-21(2,3)30-20(28)24-16-10-5-6-12-22(16,29)19(27)23-15-9-7-8-14-11-13-25(4)18(26)17(14)15/h7-9,11,13,16,29H,5-6,10,12H2,1-4H3,(H,23,27)(H,24,28). The van der Waals surface area contributed by atoms with Crippen LogP contribution in [0.15, 0.2) is 35.3 Å². The van der Waals surface area contributed by atoms with Gasteiger partial charge in [-0.1, -0.05) is 18.6 Å². The van der Waals surface area contributed by atoms with Crippen molar-refractivity contribution in [2.45, 2.75) is 63.7 Å². The van der Waals surface area contributed by atoms with Crippen LogP contribution in [0.4, 0.5) is 10.5 Å². The molecule has 3 rings (SSSR count). The molecule has 3 N–H and O–H groups in total. The Morgan fingerprint density at radius 1 is 1.23 bits per heavy atom. The van der Waals surface area contributed by atoms with Gasteiger partial charge in [0.05, 0.1) is 17.1 Å². The Balaban J connectivity index is 1.87. The van der Waals surface area contributed by atoms with E-state index in [1.165, 1.54) is 4.57 Å². The van der Waals surface area contributed by atoms with Crippen LogP contribution in [0.3, 0.4) is 0 Å². The van der Waals surface area contributed by atoms with Crippen LogP contribution in [0, 0.1) is 0 Å². The van der Waals surface area contributed by atoms with Crippen LogP contribution in [0.25, 0.3) is 10.8 Å². The van der Waals surface area contributed by atoms with Gasteiger partial charge in [-0.3, -0.25) is 9.59 Å². The minimum Gasteiger partial charge on any atom is -0.444 e. The zero-order valence-electron chi connectivity index (χ0n) is 17.8. The number of benzene rings is 1. The number of ether oxygens (including phenoxy) is 1. The van der Waals surface area contributed by atoms with Gasteiger partial charge < -0.3 is 25.0 Å². The van der Waals surface area contributed by atoms with Crippen molar-refractivity contribution in [1.29, 1.82) is 0 Å². The molecule has 2 amide bonds. The summed E-state index contributed by atoms with van der Waals surface area (Å²) in [5.41, 5.74) is -2.42. The number of nitrogens with one attached hydrogen (secondary N) is 2. The third-order valence-electron chi connectivity index (χ3n) is 5.32. The number of hydrogen-bond acceptors (Lipinski definition) is 5. The number of carbonyl (C=O) groups is 2. The minimum atomic E-state index is -1.81. The number of rotatable bonds is 3. The van der Waals surface area contributed by atoms with Gasteiger partial charge in [0.15, 0.2) is 5.60 Å². The number of fused-ring (bicyclic) bond motifs is 1. The van der Waals surface area contributed by atoms with Crippen LogP contribution in [0.2, 0.25) is 0 Å². The summed E-state index contributed by atoms with van der Waals surface area (Å²) in [5, 5.41) is 17.7. The molecule has 0 bridgehead atoms. The Morgan fingerprint density at radius 3 is 2.67 bits per heavy atom. The van der Waals surface area contributed by atoms with Crippen LogP contribution in [-0.2, 0) is 16.6 Å². The Kier molecular flexibility index (Phi) is 5.90. The lowest BCUT2D eigenvalue weighted by atomic mass is 9.79. The first-order valence-corrected chi connectivity index (χ1v) is 10.1. The predicted molar refractivity (Wildman–Crippen MR) is 114 cm³/mol. The average molecular weight is 415 g/mol. The lowest BCUT2D eigenvalue weighted by molar-refractivity contribution is -0.140. The molecule has 30 heavy (non-hydrogen) atoms. The molecule has 1 aromatic carbocycles. The van der Waals surface area contributed by atoms with Crippen molar-refractivity contribution in [3.63, 3.8) is 0 Å². The molecule has 1 aromatic heterocycles. The number of nitrogens with zero attached hydrogens (tertiary/aromatic N) is 1. The molecular formula is C22H29N3O5. The maximum Gasteiger partial charge on any atom is 0.407 e. The Labute approximate surface area is 175 Å². The monoisotopic (exact) mass is 415 g/mol. The fourth-order valence-corrected chi connectivity index (χ4v) is 3.79. The number of carbonyl (C=O) groups excluding carboxylic acids is 2. The number of hydrogen-bond donors (Lipinski definition) is 3. The molecule has 2 unspecified atom stereocenters. The molecule has 0 saturated heterocycles. The zero-order valence-corrected chi connectivity index (χ0v) is 17.8. The van der Waals surface area contributed by atoms with Gasteiger partial charge in [0.25, 0.3) is 11.5 Å². The van der Waals surface area contributed by atoms with E-state index in [2.05, 4.69) is 10.6 Å². The highest BCUT2D eigenvalue weighted by atomic mass is 16.6. The maximum absolute atomic E-state index is 13.1. The van der Waals surface area contributed by atoms with Crippen molar-refractivity contribution in [3.05, 3.63) is 40.8 Å². The largest absolute Gasteiger partial charge is 0.444 e. The summed E-state index contributed by atoms with van der Waals surface area (Å²) in [4.78, 5) is 38.0. The topological polar surface area (TPSA) is 110 Å². The summed E-state index contributed by atoms with van der Waals surface area (Å²) in [5.74, 6) is -0.651. The molecule has 0 radical (unpaired) electrons. The Hall–Kier alpha value is -2.87. The van der Waals surface area contributed by atoms with E-state index in [4.69, 9.17) is 4.74 Å². The van der Waals surface area contributed by atoms with Crippen molar-refractivity contribution in [3.8, 4) is 0 Å². The summed E-state index contributed by atoms with van der Waals surface area (Å²) in [6.07, 6.45) is 3.03. The molecule has 0 aliphatic heterocycles. The number of amides is 2. The summed E-state index contributed by atoms with van der Waals surface area (Å²) in [6.45, 7) is 5.23. The second kappa shape index (κ2) is 8.10. The van der Waals surface area contributed by atoms with Crippen LogP contribution in [0.5, 0.6) is 0 Å². The lowest BCUT2D eigenvalue weighted by Crippen LogP contribution is -2.61. The fourth-order valence-electron chi connectivity index (χ4n) is 3.79. The van der Waals surface area contributed by atoms with Gasteiger partial charge in [-0.15, -0.1) is 0 Å². The SMILES string of the molecule is Cn1ccc2cccc(NC(=O)C3(O)CCCCC3NC(=O)OC(C)(C)C)c2c1=O. The third kappa shape index (κ3) is 4.48. The number of anilines is 1. The number of aryl methyl sites for hydroxylation is 1. The predicted octanol–water partition coefficient (Wildman–Crippen LogP) is 2.68. The van der Waals surface area contributed by atoms with Crippen molar-refractivity contribution >= 4 is 28.5 Å². The molecule has 8 heteroatoms. The molecule has 1 fully saturated rings. The van der Waals surface area contributed by atoms with Gasteiger partial charge in [-0.25, -0.2) is 4.79 Å². The van der Waals surface area contributed by atoms with Gasteiger partial charge in [-0.2, -0.15) is 0 Å². The van der Waals surface area contributed by atoms with Crippen molar-refractivity contribution in [1.82, 2.24) is 9.88 Å². The fraction of sp³-hybridized carbons (Fsp3) is 0.500. The third-order valence-corrected chi connectivity index (χ3v) is 5.32. The van der Waals surface area contributed by atoms with E-state index in [1.807, 2.05) is 0 Å². The molecule has 2 atom stereocenters. The van der Waals surface area contributed by atoms with Crippen molar-refractivity contribution < 1.29 is 19.4 Å².